The minimum atomic E-state index is -0.622. The first kappa shape index (κ1) is 10.8. The van der Waals surface area contributed by atoms with Gasteiger partial charge in [-0.3, -0.25) is 9.48 Å². The molecule has 8 nitrogen and oxygen atoms in total. The number of primary amides is 1. The standard InChI is InChI=1S/C10H13N7O/c1-16-5-6(4-13-16)7-2-3-12-10-14-9(8(11)18)15-17(7)10/h4-5,7H,2-3H2,1H3,(H2,11,18)(H,12,14,15). The van der Waals surface area contributed by atoms with Gasteiger partial charge in [-0.25, -0.2) is 4.68 Å². The molecule has 3 rings (SSSR count). The quantitative estimate of drug-likeness (QED) is 0.745. The number of carbonyl (C=O) groups is 1. The van der Waals surface area contributed by atoms with E-state index in [1.54, 1.807) is 15.6 Å². The van der Waals surface area contributed by atoms with Crippen LogP contribution in [-0.2, 0) is 7.05 Å². The van der Waals surface area contributed by atoms with E-state index in [0.717, 1.165) is 18.5 Å². The van der Waals surface area contributed by atoms with E-state index in [-0.39, 0.29) is 11.9 Å². The van der Waals surface area contributed by atoms with Gasteiger partial charge in [0.25, 0.3) is 5.91 Å². The molecule has 1 aliphatic rings. The summed E-state index contributed by atoms with van der Waals surface area (Å²) in [5.74, 6) is -0.0131. The summed E-state index contributed by atoms with van der Waals surface area (Å²) in [6.07, 6.45) is 4.59. The van der Waals surface area contributed by atoms with Crippen molar-refractivity contribution in [3.8, 4) is 0 Å². The van der Waals surface area contributed by atoms with Crippen LogP contribution in [0.25, 0.3) is 0 Å². The number of fused-ring (bicyclic) bond motifs is 1. The fourth-order valence-electron chi connectivity index (χ4n) is 2.13. The fraction of sp³-hybridized carbons (Fsp3) is 0.400. The van der Waals surface area contributed by atoms with Crippen LogP contribution in [0, 0.1) is 0 Å². The second-order valence-corrected chi connectivity index (χ2v) is 4.25. The lowest BCUT2D eigenvalue weighted by Gasteiger charge is -2.23. The zero-order valence-electron chi connectivity index (χ0n) is 9.87. The topological polar surface area (TPSA) is 104 Å². The Labute approximate surface area is 103 Å². The lowest BCUT2D eigenvalue weighted by atomic mass is 10.1. The summed E-state index contributed by atoms with van der Waals surface area (Å²) in [5, 5.41) is 11.4. The van der Waals surface area contributed by atoms with Gasteiger partial charge in [0.05, 0.1) is 12.2 Å². The van der Waals surface area contributed by atoms with Gasteiger partial charge >= 0.3 is 0 Å². The van der Waals surface area contributed by atoms with Gasteiger partial charge in [-0.15, -0.1) is 5.10 Å². The SMILES string of the molecule is Cn1cc(C2CCNc3nc(C(N)=O)nn32)cn1. The highest BCUT2D eigenvalue weighted by Gasteiger charge is 2.26. The number of aryl methyl sites for hydroxylation is 1. The molecule has 2 aromatic heterocycles. The van der Waals surface area contributed by atoms with Crippen molar-refractivity contribution in [3.63, 3.8) is 0 Å². The van der Waals surface area contributed by atoms with Crippen molar-refractivity contribution in [1.82, 2.24) is 24.5 Å². The maximum atomic E-state index is 11.1. The van der Waals surface area contributed by atoms with Crippen LogP contribution in [0.1, 0.15) is 28.6 Å². The number of amides is 1. The Bertz CT molecular complexity index is 599. The van der Waals surface area contributed by atoms with Gasteiger partial charge in [-0.1, -0.05) is 0 Å². The van der Waals surface area contributed by atoms with Crippen molar-refractivity contribution in [1.29, 1.82) is 0 Å². The van der Waals surface area contributed by atoms with Crippen LogP contribution in [0.3, 0.4) is 0 Å². The van der Waals surface area contributed by atoms with Gasteiger partial charge in [-0.2, -0.15) is 10.1 Å². The van der Waals surface area contributed by atoms with E-state index in [4.69, 9.17) is 5.73 Å². The predicted octanol–water partition coefficient (Wildman–Crippen LogP) is -0.484. The first-order valence-electron chi connectivity index (χ1n) is 5.64. The lowest BCUT2D eigenvalue weighted by Crippen LogP contribution is -2.24. The molecule has 0 spiro atoms. The zero-order valence-corrected chi connectivity index (χ0v) is 9.87. The third-order valence-electron chi connectivity index (χ3n) is 2.96. The summed E-state index contributed by atoms with van der Waals surface area (Å²) >= 11 is 0. The van der Waals surface area contributed by atoms with Crippen molar-refractivity contribution in [3.05, 3.63) is 23.8 Å². The number of hydrogen-bond acceptors (Lipinski definition) is 5. The zero-order chi connectivity index (χ0) is 12.7. The summed E-state index contributed by atoms with van der Waals surface area (Å²) in [5.41, 5.74) is 6.24. The molecule has 0 aliphatic carbocycles. The number of aromatic nitrogens is 5. The normalized spacial score (nSPS) is 18.2. The molecule has 1 unspecified atom stereocenters. The van der Waals surface area contributed by atoms with E-state index in [0.29, 0.717) is 5.95 Å². The third kappa shape index (κ3) is 1.62. The van der Waals surface area contributed by atoms with Crippen molar-refractivity contribution < 1.29 is 4.79 Å². The highest BCUT2D eigenvalue weighted by molar-refractivity contribution is 5.89. The Balaban J connectivity index is 2.03. The van der Waals surface area contributed by atoms with Crippen LogP contribution in [0.15, 0.2) is 12.4 Å². The van der Waals surface area contributed by atoms with E-state index in [9.17, 15) is 4.79 Å². The average molecular weight is 247 g/mol. The van der Waals surface area contributed by atoms with Crippen LogP contribution in [0.2, 0.25) is 0 Å². The molecular weight excluding hydrogens is 234 g/mol. The molecule has 94 valence electrons. The Kier molecular flexibility index (Phi) is 2.29. The maximum absolute atomic E-state index is 11.1. The Hall–Kier alpha value is -2.38. The number of hydrogen-bond donors (Lipinski definition) is 2. The number of nitrogens with zero attached hydrogens (tertiary/aromatic N) is 5. The largest absolute Gasteiger partial charge is 0.363 e. The van der Waals surface area contributed by atoms with Gasteiger partial charge in [0.15, 0.2) is 0 Å². The van der Waals surface area contributed by atoms with Crippen molar-refractivity contribution >= 4 is 11.9 Å². The minimum Gasteiger partial charge on any atom is -0.363 e. The van der Waals surface area contributed by atoms with Gasteiger partial charge in [0.2, 0.25) is 11.8 Å². The predicted molar refractivity (Wildman–Crippen MR) is 63.0 cm³/mol. The van der Waals surface area contributed by atoms with Crippen LogP contribution in [-0.4, -0.2) is 37.0 Å². The minimum absolute atomic E-state index is 0.0355. The first-order valence-corrected chi connectivity index (χ1v) is 5.64. The van der Waals surface area contributed by atoms with Gasteiger partial charge in [0.1, 0.15) is 0 Å². The third-order valence-corrected chi connectivity index (χ3v) is 2.96. The molecule has 3 N–H and O–H groups in total. The molecular formula is C10H13N7O. The Morgan fingerprint density at radius 2 is 2.44 bits per heavy atom. The molecule has 0 saturated carbocycles. The number of anilines is 1. The summed E-state index contributed by atoms with van der Waals surface area (Å²) in [6, 6.07) is 0.0375. The highest BCUT2D eigenvalue weighted by atomic mass is 16.1. The Morgan fingerprint density at radius 3 is 3.11 bits per heavy atom. The smallest absolute Gasteiger partial charge is 0.288 e. The fourth-order valence-corrected chi connectivity index (χ4v) is 2.13. The second kappa shape index (κ2) is 3.83. The number of nitrogens with two attached hydrogens (primary N) is 1. The monoisotopic (exact) mass is 247 g/mol. The van der Waals surface area contributed by atoms with Crippen LogP contribution in [0.5, 0.6) is 0 Å². The molecule has 0 bridgehead atoms. The summed E-state index contributed by atoms with van der Waals surface area (Å²) in [7, 11) is 1.86. The number of rotatable bonds is 2. The maximum Gasteiger partial charge on any atom is 0.288 e. The average Bonchev–Trinajstić information content (AvgIpc) is 2.94. The second-order valence-electron chi connectivity index (χ2n) is 4.25. The molecule has 0 radical (unpaired) electrons. The van der Waals surface area contributed by atoms with Crippen molar-refractivity contribution in [2.45, 2.75) is 12.5 Å². The molecule has 1 atom stereocenters. The van der Waals surface area contributed by atoms with Crippen LogP contribution in [0.4, 0.5) is 5.95 Å². The van der Waals surface area contributed by atoms with E-state index < -0.39 is 5.91 Å². The molecule has 1 aliphatic heterocycles. The van der Waals surface area contributed by atoms with E-state index in [1.807, 2.05) is 13.2 Å². The molecule has 3 heterocycles. The molecule has 0 saturated heterocycles. The van der Waals surface area contributed by atoms with Gasteiger partial charge in [-0.05, 0) is 6.42 Å². The van der Waals surface area contributed by atoms with Crippen LogP contribution >= 0.6 is 0 Å². The van der Waals surface area contributed by atoms with Gasteiger partial charge < -0.3 is 11.1 Å². The highest BCUT2D eigenvalue weighted by Crippen LogP contribution is 2.27. The first-order chi connectivity index (χ1) is 8.65. The molecule has 0 aromatic carbocycles. The molecule has 1 amide bonds. The van der Waals surface area contributed by atoms with Gasteiger partial charge in [0, 0.05) is 25.4 Å². The van der Waals surface area contributed by atoms with E-state index in [2.05, 4.69) is 20.5 Å². The molecule has 18 heavy (non-hydrogen) atoms. The van der Waals surface area contributed by atoms with E-state index >= 15 is 0 Å². The van der Waals surface area contributed by atoms with Crippen molar-refractivity contribution in [2.24, 2.45) is 12.8 Å². The van der Waals surface area contributed by atoms with E-state index in [1.165, 1.54) is 0 Å². The molecule has 8 heteroatoms. The Morgan fingerprint density at radius 1 is 1.61 bits per heavy atom. The number of carbonyl (C=O) groups excluding carboxylic acids is 1. The molecule has 2 aromatic rings. The lowest BCUT2D eigenvalue weighted by molar-refractivity contribution is 0.0990. The molecule has 0 fully saturated rings. The summed E-state index contributed by atoms with van der Waals surface area (Å²) in [4.78, 5) is 15.2. The number of nitrogens with one attached hydrogen (secondary N) is 1. The van der Waals surface area contributed by atoms with Crippen LogP contribution < -0.4 is 11.1 Å². The summed E-state index contributed by atoms with van der Waals surface area (Å²) < 4.78 is 3.43. The van der Waals surface area contributed by atoms with Crippen molar-refractivity contribution in [2.75, 3.05) is 11.9 Å². The summed E-state index contributed by atoms with van der Waals surface area (Å²) in [6.45, 7) is 0.774.